The fourth-order valence-corrected chi connectivity index (χ4v) is 5.20. The molecule has 3 aliphatic heterocycles. The van der Waals surface area contributed by atoms with E-state index >= 15 is 0 Å². The molecule has 0 saturated carbocycles. The molecule has 1 spiro atoms. The highest BCUT2D eigenvalue weighted by Gasteiger charge is 2.54. The van der Waals surface area contributed by atoms with Gasteiger partial charge < -0.3 is 14.4 Å². The third-order valence-corrected chi connectivity index (χ3v) is 6.54. The molecular weight excluding hydrogens is 380 g/mol. The maximum absolute atomic E-state index is 13.3. The topological polar surface area (TPSA) is 58.1 Å². The number of benzene rings is 1. The summed E-state index contributed by atoms with van der Waals surface area (Å²) in [5.74, 6) is 0.853. The summed E-state index contributed by atoms with van der Waals surface area (Å²) in [7, 11) is 1.64. The monoisotopic (exact) mass is 408 g/mol. The number of amides is 1. The lowest BCUT2D eigenvalue weighted by Gasteiger charge is -2.63. The van der Waals surface area contributed by atoms with E-state index in [1.54, 1.807) is 7.11 Å². The van der Waals surface area contributed by atoms with Crippen LogP contribution in [-0.2, 0) is 11.3 Å². The van der Waals surface area contributed by atoms with Crippen molar-refractivity contribution in [3.63, 3.8) is 0 Å². The Morgan fingerprint density at radius 1 is 1.23 bits per heavy atom. The van der Waals surface area contributed by atoms with Gasteiger partial charge in [0.2, 0.25) is 0 Å². The number of fused-ring (bicyclic) bond motifs is 2. The van der Waals surface area contributed by atoms with E-state index in [1.165, 1.54) is 5.56 Å². The van der Waals surface area contributed by atoms with Crippen molar-refractivity contribution in [3.8, 4) is 5.75 Å². The average molecular weight is 409 g/mol. The number of nitrogens with zero attached hydrogens (tertiary/aromatic N) is 4. The van der Waals surface area contributed by atoms with E-state index in [1.807, 2.05) is 47.6 Å². The van der Waals surface area contributed by atoms with Crippen molar-refractivity contribution in [2.45, 2.75) is 18.1 Å². The molecule has 7 nitrogen and oxygen atoms in total. The predicted molar refractivity (Wildman–Crippen MR) is 112 cm³/mol. The lowest BCUT2D eigenvalue weighted by atomic mass is 9.82. The maximum Gasteiger partial charge on any atom is 0.253 e. The van der Waals surface area contributed by atoms with Crippen molar-refractivity contribution in [1.82, 2.24) is 19.7 Å². The Hall–Kier alpha value is -2.48. The molecule has 4 heterocycles. The summed E-state index contributed by atoms with van der Waals surface area (Å²) in [6.07, 6.45) is 3.74. The van der Waals surface area contributed by atoms with Crippen molar-refractivity contribution in [1.29, 1.82) is 0 Å². The van der Waals surface area contributed by atoms with Gasteiger partial charge in [-0.2, -0.15) is 0 Å². The summed E-state index contributed by atoms with van der Waals surface area (Å²) < 4.78 is 11.0. The molecule has 30 heavy (non-hydrogen) atoms. The summed E-state index contributed by atoms with van der Waals surface area (Å²) in [5.41, 5.74) is 1.95. The van der Waals surface area contributed by atoms with Gasteiger partial charge in [-0.25, -0.2) is 0 Å². The number of hydrogen-bond acceptors (Lipinski definition) is 6. The van der Waals surface area contributed by atoms with E-state index in [9.17, 15) is 4.79 Å². The number of carbonyl (C=O) groups excluding carboxylic acids is 1. The first-order valence-corrected chi connectivity index (χ1v) is 10.6. The van der Waals surface area contributed by atoms with Crippen LogP contribution in [0.25, 0.3) is 0 Å². The molecule has 1 aromatic heterocycles. The normalized spacial score (nSPS) is 23.6. The number of piperazine rings is 1. The molecule has 3 saturated heterocycles. The number of ether oxygens (including phenoxy) is 2. The van der Waals surface area contributed by atoms with Crippen molar-refractivity contribution < 1.29 is 14.3 Å². The van der Waals surface area contributed by atoms with Crippen LogP contribution in [0.4, 0.5) is 0 Å². The minimum absolute atomic E-state index is 0.0109. The zero-order valence-electron chi connectivity index (χ0n) is 17.4. The highest BCUT2D eigenvalue weighted by Crippen LogP contribution is 2.36. The van der Waals surface area contributed by atoms with Gasteiger partial charge in [-0.1, -0.05) is 6.07 Å². The smallest absolute Gasteiger partial charge is 0.253 e. The first kappa shape index (κ1) is 19.5. The second-order valence-corrected chi connectivity index (χ2v) is 8.57. The Balaban J connectivity index is 1.32. The molecule has 2 aromatic rings. The van der Waals surface area contributed by atoms with Crippen LogP contribution in [0.2, 0.25) is 0 Å². The zero-order valence-corrected chi connectivity index (χ0v) is 17.4. The van der Waals surface area contributed by atoms with Gasteiger partial charge in [-0.3, -0.25) is 19.6 Å². The molecule has 5 rings (SSSR count). The van der Waals surface area contributed by atoms with Crippen LogP contribution in [0.15, 0.2) is 48.8 Å². The van der Waals surface area contributed by atoms with Crippen LogP contribution in [-0.4, -0.2) is 90.2 Å². The molecule has 1 aromatic carbocycles. The number of aromatic nitrogens is 1. The summed E-state index contributed by atoms with van der Waals surface area (Å²) in [6.45, 7) is 6.71. The molecule has 3 fully saturated rings. The zero-order chi connectivity index (χ0) is 20.6. The van der Waals surface area contributed by atoms with Gasteiger partial charge in [0.05, 0.1) is 31.9 Å². The summed E-state index contributed by atoms with van der Waals surface area (Å²) >= 11 is 0. The lowest BCUT2D eigenvalue weighted by molar-refractivity contribution is -0.160. The van der Waals surface area contributed by atoms with Crippen LogP contribution in [0, 0.1) is 0 Å². The fourth-order valence-electron chi connectivity index (χ4n) is 5.20. The fraction of sp³-hybridized carbons (Fsp3) is 0.478. The Labute approximate surface area is 177 Å². The SMILES string of the molecule is COc1ccc(C(=O)N2C[C@@H]3COCCN3C3(CN(Cc4cccnc4)C3)C2)cc1. The van der Waals surface area contributed by atoms with E-state index in [0.29, 0.717) is 12.2 Å². The maximum atomic E-state index is 13.3. The Kier molecular flexibility index (Phi) is 5.18. The molecule has 1 amide bonds. The number of likely N-dealkylation sites (tertiary alicyclic amines) is 1. The summed E-state index contributed by atoms with van der Waals surface area (Å²) in [6, 6.07) is 11.8. The van der Waals surface area contributed by atoms with Crippen LogP contribution < -0.4 is 4.74 Å². The Morgan fingerprint density at radius 2 is 2.07 bits per heavy atom. The van der Waals surface area contributed by atoms with E-state index < -0.39 is 0 Å². The van der Waals surface area contributed by atoms with E-state index in [0.717, 1.165) is 51.6 Å². The van der Waals surface area contributed by atoms with E-state index in [-0.39, 0.29) is 17.5 Å². The van der Waals surface area contributed by atoms with Crippen LogP contribution in [0.3, 0.4) is 0 Å². The number of pyridine rings is 1. The van der Waals surface area contributed by atoms with E-state index in [4.69, 9.17) is 9.47 Å². The quantitative estimate of drug-likeness (QED) is 0.764. The van der Waals surface area contributed by atoms with Gasteiger partial charge in [0.1, 0.15) is 5.75 Å². The first-order chi connectivity index (χ1) is 14.7. The number of methoxy groups -OCH3 is 1. The third-order valence-electron chi connectivity index (χ3n) is 6.54. The third kappa shape index (κ3) is 3.57. The van der Waals surface area contributed by atoms with Crippen molar-refractivity contribution in [2.75, 3.05) is 53.0 Å². The Bertz CT molecular complexity index is 883. The summed E-state index contributed by atoms with van der Waals surface area (Å²) in [4.78, 5) is 24.6. The van der Waals surface area contributed by atoms with Gasteiger partial charge in [0.15, 0.2) is 0 Å². The molecule has 0 bridgehead atoms. The molecule has 0 radical (unpaired) electrons. The molecule has 158 valence electrons. The van der Waals surface area contributed by atoms with Crippen molar-refractivity contribution in [3.05, 3.63) is 59.9 Å². The molecule has 0 aliphatic carbocycles. The highest BCUT2D eigenvalue weighted by atomic mass is 16.5. The average Bonchev–Trinajstić information content (AvgIpc) is 2.78. The first-order valence-electron chi connectivity index (χ1n) is 10.6. The van der Waals surface area contributed by atoms with Crippen LogP contribution in [0.1, 0.15) is 15.9 Å². The van der Waals surface area contributed by atoms with Gasteiger partial charge in [0, 0.05) is 57.2 Å². The van der Waals surface area contributed by atoms with Crippen LogP contribution in [0.5, 0.6) is 5.75 Å². The minimum Gasteiger partial charge on any atom is -0.497 e. The summed E-state index contributed by atoms with van der Waals surface area (Å²) in [5, 5.41) is 0. The second kappa shape index (κ2) is 7.98. The second-order valence-electron chi connectivity index (χ2n) is 8.57. The van der Waals surface area contributed by atoms with Gasteiger partial charge in [-0.15, -0.1) is 0 Å². The number of rotatable bonds is 4. The molecule has 7 heteroatoms. The number of morpholine rings is 1. The lowest BCUT2D eigenvalue weighted by Crippen LogP contribution is -2.80. The molecular formula is C23H28N4O3. The number of carbonyl (C=O) groups is 1. The van der Waals surface area contributed by atoms with Crippen molar-refractivity contribution >= 4 is 5.91 Å². The van der Waals surface area contributed by atoms with E-state index in [2.05, 4.69) is 20.9 Å². The molecule has 0 N–H and O–H groups in total. The van der Waals surface area contributed by atoms with Crippen LogP contribution >= 0.6 is 0 Å². The Morgan fingerprint density at radius 3 is 2.80 bits per heavy atom. The predicted octanol–water partition coefficient (Wildman–Crippen LogP) is 1.50. The minimum atomic E-state index is 0.0109. The van der Waals surface area contributed by atoms with Gasteiger partial charge >= 0.3 is 0 Å². The van der Waals surface area contributed by atoms with Gasteiger partial charge in [-0.05, 0) is 35.9 Å². The number of hydrogen-bond donors (Lipinski definition) is 0. The largest absolute Gasteiger partial charge is 0.497 e. The van der Waals surface area contributed by atoms with Crippen molar-refractivity contribution in [2.24, 2.45) is 0 Å². The van der Waals surface area contributed by atoms with Gasteiger partial charge in [0.25, 0.3) is 5.91 Å². The molecule has 1 atom stereocenters. The standard InChI is InChI=1S/C23H28N4O3/c1-29-21-6-4-19(5-7-21)22(28)26-13-20-14-30-10-9-27(20)23(17-26)15-25(16-23)12-18-3-2-8-24-11-18/h2-8,11,20H,9-10,12-17H2,1H3/t20-/m1/s1. The molecule has 3 aliphatic rings. The highest BCUT2D eigenvalue weighted by molar-refractivity contribution is 5.94. The molecule has 0 unspecified atom stereocenters.